The number of carboxylic acids is 3. The largest absolute Gasteiger partial charge is 0.478 e. The molecule has 15 nitrogen and oxygen atoms in total. The standard InChI is InChI=1S/C5H7N3O6.3C4H6O2/c9-2-6-3(10)8(4(11)7-2)1-5(12,13)14;3*1-3(2)4(5)6/h12-14H,1H2,(H2,6,7,9,10,11);3*1H2,2H3,(H,5,6). The first-order valence-corrected chi connectivity index (χ1v) is 7.99. The minimum atomic E-state index is -3.20. The maximum atomic E-state index is 10.9. The van der Waals surface area contributed by atoms with Gasteiger partial charge in [0.25, 0.3) is 5.97 Å². The predicted octanol–water partition coefficient (Wildman–Crippen LogP) is -2.20. The lowest BCUT2D eigenvalue weighted by molar-refractivity contribution is -0.319. The third-order valence-electron chi connectivity index (χ3n) is 2.40. The van der Waals surface area contributed by atoms with Gasteiger partial charge in [0.1, 0.15) is 6.54 Å². The fourth-order valence-corrected chi connectivity index (χ4v) is 0.808. The molecular weight excluding hydrogens is 438 g/mol. The Morgan fingerprint density at radius 1 is 0.750 bits per heavy atom. The van der Waals surface area contributed by atoms with E-state index in [0.717, 1.165) is 0 Å². The van der Waals surface area contributed by atoms with Crippen LogP contribution in [0.1, 0.15) is 20.8 Å². The predicted molar refractivity (Wildman–Crippen MR) is 109 cm³/mol. The summed E-state index contributed by atoms with van der Waals surface area (Å²) in [6.45, 7) is 12.7. The summed E-state index contributed by atoms with van der Waals surface area (Å²) in [5.74, 6) is -6.00. The topological polar surface area (TPSA) is 260 Å². The molecule has 1 rings (SSSR count). The minimum absolute atomic E-state index is 0.176. The molecule has 0 aliphatic rings. The number of carbonyl (C=O) groups is 3. The van der Waals surface area contributed by atoms with Crippen molar-refractivity contribution in [2.75, 3.05) is 0 Å². The van der Waals surface area contributed by atoms with Gasteiger partial charge >= 0.3 is 35.0 Å². The van der Waals surface area contributed by atoms with Crippen LogP contribution in [0, 0.1) is 0 Å². The molecule has 15 heteroatoms. The van der Waals surface area contributed by atoms with Gasteiger partial charge in [-0.2, -0.15) is 0 Å². The van der Waals surface area contributed by atoms with Crippen molar-refractivity contribution >= 4 is 17.9 Å². The number of aliphatic carboxylic acids is 3. The molecule has 0 aromatic carbocycles. The summed E-state index contributed by atoms with van der Waals surface area (Å²) < 4.78 is 0.224. The van der Waals surface area contributed by atoms with Crippen molar-refractivity contribution in [2.24, 2.45) is 0 Å². The second kappa shape index (κ2) is 14.8. The molecule has 0 amide bonds. The summed E-state index contributed by atoms with van der Waals surface area (Å²) in [4.78, 5) is 64.4. The highest BCUT2D eigenvalue weighted by Crippen LogP contribution is 1.92. The fraction of sp³-hybridized carbons (Fsp3) is 0.294. The van der Waals surface area contributed by atoms with Crippen molar-refractivity contribution in [1.82, 2.24) is 14.5 Å². The van der Waals surface area contributed by atoms with Crippen molar-refractivity contribution in [2.45, 2.75) is 33.3 Å². The third-order valence-corrected chi connectivity index (χ3v) is 2.40. The lowest BCUT2D eigenvalue weighted by Crippen LogP contribution is -2.48. The van der Waals surface area contributed by atoms with Gasteiger partial charge in [-0.05, 0) is 20.8 Å². The van der Waals surface area contributed by atoms with Crippen LogP contribution >= 0.6 is 0 Å². The van der Waals surface area contributed by atoms with Crippen LogP contribution in [0.25, 0.3) is 0 Å². The Labute approximate surface area is 179 Å². The van der Waals surface area contributed by atoms with Gasteiger partial charge in [-0.25, -0.2) is 33.3 Å². The lowest BCUT2D eigenvalue weighted by atomic mass is 10.4. The van der Waals surface area contributed by atoms with Gasteiger partial charge in [0.15, 0.2) is 0 Å². The van der Waals surface area contributed by atoms with Gasteiger partial charge in [-0.1, -0.05) is 19.7 Å². The maximum absolute atomic E-state index is 10.9. The SMILES string of the molecule is C=C(C)C(=O)O.C=C(C)C(=O)O.C=C(C)C(=O)O.O=c1[nH]c(=O)n(CC(O)(O)O)c(=O)[nH]1. The highest BCUT2D eigenvalue weighted by atomic mass is 16.7. The first kappa shape index (κ1) is 32.6. The Bertz CT molecular complexity index is 893. The summed E-state index contributed by atoms with van der Waals surface area (Å²) in [5.41, 5.74) is -2.80. The van der Waals surface area contributed by atoms with Crippen LogP contribution in [-0.4, -0.2) is 69.1 Å². The zero-order chi connectivity index (χ0) is 26.4. The van der Waals surface area contributed by atoms with Crippen molar-refractivity contribution < 1.29 is 45.0 Å². The van der Waals surface area contributed by atoms with Gasteiger partial charge in [-0.15, -0.1) is 0 Å². The van der Waals surface area contributed by atoms with Crippen LogP contribution in [0.4, 0.5) is 0 Å². The number of aliphatic hydroxyl groups is 3. The normalized spacial score (nSPS) is 9.31. The Balaban J connectivity index is -0.000000393. The van der Waals surface area contributed by atoms with Crippen molar-refractivity contribution in [3.05, 3.63) is 67.9 Å². The van der Waals surface area contributed by atoms with Crippen LogP contribution in [0.3, 0.4) is 0 Å². The van der Waals surface area contributed by atoms with E-state index in [1.54, 1.807) is 9.97 Å². The number of nitrogens with one attached hydrogen (secondary N) is 2. The van der Waals surface area contributed by atoms with E-state index in [2.05, 4.69) is 19.7 Å². The van der Waals surface area contributed by atoms with E-state index in [0.29, 0.717) is 0 Å². The second-order valence-electron chi connectivity index (χ2n) is 5.81. The zero-order valence-electron chi connectivity index (χ0n) is 17.4. The number of H-pyrrole nitrogens is 2. The Kier molecular flexibility index (Phi) is 15.1. The zero-order valence-corrected chi connectivity index (χ0v) is 17.4. The van der Waals surface area contributed by atoms with E-state index in [9.17, 15) is 28.8 Å². The van der Waals surface area contributed by atoms with E-state index in [4.69, 9.17) is 30.6 Å². The van der Waals surface area contributed by atoms with E-state index in [1.807, 2.05) is 0 Å². The molecule has 8 N–H and O–H groups in total. The number of hydrogen-bond acceptors (Lipinski definition) is 9. The fourth-order valence-electron chi connectivity index (χ4n) is 0.808. The third kappa shape index (κ3) is 19.2. The molecule has 0 saturated heterocycles. The molecule has 0 saturated carbocycles. The first-order chi connectivity index (χ1) is 14.2. The molecule has 0 fully saturated rings. The number of carboxylic acid groups (broad SMARTS) is 3. The summed E-state index contributed by atoms with van der Waals surface area (Å²) in [6.07, 6.45) is 0. The molecule has 0 bridgehead atoms. The average molecular weight is 463 g/mol. The molecule has 0 spiro atoms. The lowest BCUT2D eigenvalue weighted by Gasteiger charge is -2.13. The van der Waals surface area contributed by atoms with Gasteiger partial charge in [0.2, 0.25) is 0 Å². The molecule has 0 unspecified atom stereocenters. The highest BCUT2D eigenvalue weighted by molar-refractivity contribution is 5.85. The summed E-state index contributed by atoms with van der Waals surface area (Å²) in [7, 11) is 0. The van der Waals surface area contributed by atoms with Crippen LogP contribution in [-0.2, 0) is 20.9 Å². The van der Waals surface area contributed by atoms with Crippen molar-refractivity contribution in [3.63, 3.8) is 0 Å². The van der Waals surface area contributed by atoms with Crippen LogP contribution in [0.2, 0.25) is 0 Å². The van der Waals surface area contributed by atoms with Crippen LogP contribution in [0.15, 0.2) is 50.8 Å². The minimum Gasteiger partial charge on any atom is -0.478 e. The Morgan fingerprint density at radius 3 is 1.12 bits per heavy atom. The van der Waals surface area contributed by atoms with Gasteiger partial charge in [-0.3, -0.25) is 9.97 Å². The maximum Gasteiger partial charge on any atom is 0.333 e. The summed E-state index contributed by atoms with van der Waals surface area (Å²) >= 11 is 0. The monoisotopic (exact) mass is 463 g/mol. The molecule has 0 aliphatic carbocycles. The van der Waals surface area contributed by atoms with E-state index in [1.165, 1.54) is 20.8 Å². The van der Waals surface area contributed by atoms with E-state index < -0.39 is 47.5 Å². The van der Waals surface area contributed by atoms with Gasteiger partial charge in [0, 0.05) is 16.7 Å². The Morgan fingerprint density at radius 2 is 0.969 bits per heavy atom. The number of aromatic amines is 2. The number of aromatic nitrogens is 3. The molecule has 1 aromatic rings. The Hall–Kier alpha value is -4.08. The van der Waals surface area contributed by atoms with Crippen LogP contribution in [0.5, 0.6) is 0 Å². The van der Waals surface area contributed by atoms with E-state index in [-0.39, 0.29) is 21.3 Å². The van der Waals surface area contributed by atoms with Crippen LogP contribution < -0.4 is 17.1 Å². The summed E-state index contributed by atoms with van der Waals surface area (Å²) in [6, 6.07) is 0. The number of hydrogen-bond donors (Lipinski definition) is 8. The van der Waals surface area contributed by atoms with Crippen molar-refractivity contribution in [3.8, 4) is 0 Å². The molecule has 0 radical (unpaired) electrons. The molecular formula is C17H25N3O12. The van der Waals surface area contributed by atoms with Gasteiger partial charge < -0.3 is 30.6 Å². The number of rotatable bonds is 5. The summed E-state index contributed by atoms with van der Waals surface area (Å²) in [5, 5.41) is 49.2. The quantitative estimate of drug-likeness (QED) is 0.171. The molecule has 1 heterocycles. The molecule has 0 atom stereocenters. The molecule has 1 aromatic heterocycles. The van der Waals surface area contributed by atoms with E-state index >= 15 is 0 Å². The highest BCUT2D eigenvalue weighted by Gasteiger charge is 2.21. The molecule has 180 valence electrons. The smallest absolute Gasteiger partial charge is 0.333 e. The molecule has 32 heavy (non-hydrogen) atoms. The first-order valence-electron chi connectivity index (χ1n) is 7.99. The second-order valence-corrected chi connectivity index (χ2v) is 5.81. The average Bonchev–Trinajstić information content (AvgIpc) is 2.58. The molecule has 0 aliphatic heterocycles. The number of nitrogens with zero attached hydrogens (tertiary/aromatic N) is 1. The van der Waals surface area contributed by atoms with Gasteiger partial charge in [0.05, 0.1) is 0 Å². The van der Waals surface area contributed by atoms with Crippen molar-refractivity contribution in [1.29, 1.82) is 0 Å².